The van der Waals surface area contributed by atoms with Crippen molar-refractivity contribution in [2.24, 2.45) is 0 Å². The minimum absolute atomic E-state index is 0.00781. The zero-order chi connectivity index (χ0) is 37.1. The van der Waals surface area contributed by atoms with E-state index in [4.69, 9.17) is 14.2 Å². The number of nitrogens with zero attached hydrogens (tertiary/aromatic N) is 1. The molecule has 0 aliphatic rings. The van der Waals surface area contributed by atoms with Gasteiger partial charge in [-0.15, -0.1) is 0 Å². The van der Waals surface area contributed by atoms with Gasteiger partial charge in [-0.05, 0) is 70.6 Å². The van der Waals surface area contributed by atoms with Gasteiger partial charge in [-0.2, -0.15) is 0 Å². The number of ether oxygens (including phenoxy) is 3. The van der Waals surface area contributed by atoms with E-state index in [1.165, 1.54) is 51.4 Å². The summed E-state index contributed by atoms with van der Waals surface area (Å²) in [4.78, 5) is 36.6. The summed E-state index contributed by atoms with van der Waals surface area (Å²) >= 11 is 0. The molecule has 0 heterocycles. The van der Waals surface area contributed by atoms with Crippen LogP contribution in [0.2, 0.25) is 0 Å². The lowest BCUT2D eigenvalue weighted by Crippen LogP contribution is -2.55. The highest BCUT2D eigenvalue weighted by Crippen LogP contribution is 2.10. The molecule has 2 unspecified atom stereocenters. The van der Waals surface area contributed by atoms with Crippen LogP contribution < -0.4 is 5.11 Å². The summed E-state index contributed by atoms with van der Waals surface area (Å²) in [5, 5.41) is 11.6. The van der Waals surface area contributed by atoms with Gasteiger partial charge in [0.25, 0.3) is 0 Å². The first-order chi connectivity index (χ1) is 24.1. The number of carbonyl (C=O) groups excluding carboxylic acids is 3. The molecule has 0 amide bonds. The Balaban J connectivity index is 4.55. The predicted octanol–water partition coefficient (Wildman–Crippen LogP) is 8.52. The maximum atomic E-state index is 12.6. The number of carboxylic acids is 1. The molecule has 0 aliphatic heterocycles. The molecule has 0 spiro atoms. The van der Waals surface area contributed by atoms with Gasteiger partial charge in [-0.1, -0.05) is 107 Å². The monoisotopic (exact) mass is 702 g/mol. The Morgan fingerprint density at radius 3 is 1.58 bits per heavy atom. The summed E-state index contributed by atoms with van der Waals surface area (Å²) in [5.41, 5.74) is 0. The molecule has 0 saturated carbocycles. The predicted molar refractivity (Wildman–Crippen MR) is 203 cm³/mol. The number of allylic oxidation sites excluding steroid dienone is 10. The highest BCUT2D eigenvalue weighted by Gasteiger charge is 2.25. The van der Waals surface area contributed by atoms with Gasteiger partial charge >= 0.3 is 11.9 Å². The standard InChI is InChI=1S/C42H71NO7/c1-6-8-10-12-14-16-17-18-19-20-21-22-23-25-27-29-31-33-41(45)50-38(36-48-35-34-39(42(46)47)43(3,4)5)37-49-40(44)32-30-28-26-24-15-13-11-9-7-2/h14,16,18-19,21-22,24-27,38-39H,6-13,15,17,20,23,28-37H2,1-5H3/b16-14+,19-18+,22-21+,26-24+,27-25+. The number of rotatable bonds is 33. The summed E-state index contributed by atoms with van der Waals surface area (Å²) in [6, 6.07) is -0.739. The number of carboxylic acid groups (broad SMARTS) is 1. The summed E-state index contributed by atoms with van der Waals surface area (Å²) < 4.78 is 17.0. The molecule has 0 N–H and O–H groups in total. The molecular weight excluding hydrogens is 630 g/mol. The molecule has 0 aliphatic carbocycles. The molecule has 2 atom stereocenters. The van der Waals surface area contributed by atoms with Crippen LogP contribution >= 0.6 is 0 Å². The zero-order valence-corrected chi connectivity index (χ0v) is 32.3. The van der Waals surface area contributed by atoms with Crippen LogP contribution in [0.3, 0.4) is 0 Å². The third kappa shape index (κ3) is 31.0. The van der Waals surface area contributed by atoms with Crippen molar-refractivity contribution in [3.05, 3.63) is 60.8 Å². The van der Waals surface area contributed by atoms with Gasteiger partial charge < -0.3 is 28.6 Å². The van der Waals surface area contributed by atoms with Gasteiger partial charge in [0, 0.05) is 19.3 Å². The van der Waals surface area contributed by atoms with Crippen molar-refractivity contribution in [1.82, 2.24) is 0 Å². The number of hydrogen-bond acceptors (Lipinski definition) is 7. The lowest BCUT2D eigenvalue weighted by Gasteiger charge is -2.34. The number of aliphatic carboxylic acids is 1. The SMILES string of the molecule is CCCCC/C=C/C/C=C/C/C=C/C/C=C/CCCC(=O)OC(COCCC(C(=O)[O-])[N+](C)(C)C)COC(=O)CCC/C=C/CCCCCC. The van der Waals surface area contributed by atoms with Crippen molar-refractivity contribution in [1.29, 1.82) is 0 Å². The molecule has 0 rings (SSSR count). The van der Waals surface area contributed by atoms with E-state index in [1.54, 1.807) is 21.1 Å². The van der Waals surface area contributed by atoms with Gasteiger partial charge in [0.05, 0.1) is 40.3 Å². The third-order valence-electron chi connectivity index (χ3n) is 8.13. The number of hydrogen-bond donors (Lipinski definition) is 0. The largest absolute Gasteiger partial charge is 0.544 e. The van der Waals surface area contributed by atoms with Gasteiger partial charge in [-0.25, -0.2) is 0 Å². The van der Waals surface area contributed by atoms with E-state index in [9.17, 15) is 19.5 Å². The van der Waals surface area contributed by atoms with E-state index in [0.29, 0.717) is 12.8 Å². The molecule has 0 radical (unpaired) electrons. The molecule has 0 aromatic rings. The van der Waals surface area contributed by atoms with Crippen molar-refractivity contribution in [3.63, 3.8) is 0 Å². The number of likely N-dealkylation sites (N-methyl/N-ethyl adjacent to an activating group) is 1. The average molecular weight is 702 g/mol. The van der Waals surface area contributed by atoms with Crippen molar-refractivity contribution < 1.29 is 38.2 Å². The van der Waals surface area contributed by atoms with E-state index < -0.39 is 18.1 Å². The molecule has 286 valence electrons. The van der Waals surface area contributed by atoms with Crippen LogP contribution in [0.25, 0.3) is 0 Å². The lowest BCUT2D eigenvalue weighted by molar-refractivity contribution is -0.889. The van der Waals surface area contributed by atoms with Gasteiger partial charge in [0.1, 0.15) is 12.6 Å². The number of quaternary nitrogens is 1. The fraction of sp³-hybridized carbons (Fsp3) is 0.690. The highest BCUT2D eigenvalue weighted by molar-refractivity contribution is 5.70. The highest BCUT2D eigenvalue weighted by atomic mass is 16.6. The average Bonchev–Trinajstić information content (AvgIpc) is 3.06. The van der Waals surface area contributed by atoms with Crippen LogP contribution in [-0.4, -0.2) is 75.5 Å². The minimum atomic E-state index is -1.14. The Morgan fingerprint density at radius 2 is 1.06 bits per heavy atom. The summed E-state index contributed by atoms with van der Waals surface area (Å²) in [7, 11) is 5.36. The van der Waals surface area contributed by atoms with Crippen molar-refractivity contribution >= 4 is 17.9 Å². The van der Waals surface area contributed by atoms with Crippen molar-refractivity contribution in [2.75, 3.05) is 41.0 Å². The van der Waals surface area contributed by atoms with Crippen LogP contribution in [-0.2, 0) is 28.6 Å². The molecule has 0 bridgehead atoms. The Hall–Kier alpha value is -2.97. The van der Waals surface area contributed by atoms with Gasteiger partial charge in [0.2, 0.25) is 0 Å². The molecule has 0 aromatic carbocycles. The maximum Gasteiger partial charge on any atom is 0.306 e. The first-order valence-corrected chi connectivity index (χ1v) is 19.3. The first-order valence-electron chi connectivity index (χ1n) is 19.3. The van der Waals surface area contributed by atoms with Crippen molar-refractivity contribution in [2.45, 2.75) is 148 Å². The topological polar surface area (TPSA) is 102 Å². The minimum Gasteiger partial charge on any atom is -0.544 e. The molecule has 0 fully saturated rings. The number of esters is 2. The van der Waals surface area contributed by atoms with Crippen LogP contribution in [0.1, 0.15) is 136 Å². The second kappa shape index (κ2) is 33.2. The molecule has 8 heteroatoms. The molecule has 0 saturated heterocycles. The maximum absolute atomic E-state index is 12.6. The number of unbranched alkanes of at least 4 members (excludes halogenated alkanes) is 9. The first kappa shape index (κ1) is 47.0. The van der Waals surface area contributed by atoms with E-state index in [1.807, 2.05) is 0 Å². The normalized spacial score (nSPS) is 13.7. The van der Waals surface area contributed by atoms with Gasteiger partial charge in [-0.3, -0.25) is 9.59 Å². The van der Waals surface area contributed by atoms with E-state index in [0.717, 1.165) is 38.5 Å². The quantitative estimate of drug-likeness (QED) is 0.0293. The Bertz CT molecular complexity index is 1010. The summed E-state index contributed by atoms with van der Waals surface area (Å²) in [6.45, 7) is 4.48. The molecular formula is C42H71NO7. The van der Waals surface area contributed by atoms with E-state index in [-0.39, 0.29) is 55.5 Å². The Morgan fingerprint density at radius 1 is 0.600 bits per heavy atom. The summed E-state index contributed by atoms with van der Waals surface area (Å²) in [5.74, 6) is -1.86. The van der Waals surface area contributed by atoms with Crippen LogP contribution in [0.5, 0.6) is 0 Å². The van der Waals surface area contributed by atoms with Crippen LogP contribution in [0.15, 0.2) is 60.8 Å². The molecule has 0 aromatic heterocycles. The van der Waals surface area contributed by atoms with Crippen LogP contribution in [0.4, 0.5) is 0 Å². The van der Waals surface area contributed by atoms with Crippen LogP contribution in [0, 0.1) is 0 Å². The third-order valence-corrected chi connectivity index (χ3v) is 8.13. The second-order valence-electron chi connectivity index (χ2n) is 13.8. The fourth-order valence-corrected chi connectivity index (χ4v) is 5.06. The summed E-state index contributed by atoms with van der Waals surface area (Å²) in [6.07, 6.45) is 38.4. The smallest absolute Gasteiger partial charge is 0.306 e. The van der Waals surface area contributed by atoms with E-state index >= 15 is 0 Å². The molecule has 8 nitrogen and oxygen atoms in total. The van der Waals surface area contributed by atoms with Gasteiger partial charge in [0.15, 0.2) is 6.10 Å². The second-order valence-corrected chi connectivity index (χ2v) is 13.8. The number of carbonyl (C=O) groups is 3. The fourth-order valence-electron chi connectivity index (χ4n) is 5.06. The lowest BCUT2D eigenvalue weighted by atomic mass is 10.1. The Kier molecular flexibility index (Phi) is 31.2. The Labute approximate surface area is 305 Å². The van der Waals surface area contributed by atoms with Crippen molar-refractivity contribution in [3.8, 4) is 0 Å². The van der Waals surface area contributed by atoms with E-state index in [2.05, 4.69) is 74.6 Å². The molecule has 50 heavy (non-hydrogen) atoms. The zero-order valence-electron chi connectivity index (χ0n) is 32.3.